The second kappa shape index (κ2) is 4.00. The van der Waals surface area contributed by atoms with Crippen molar-refractivity contribution < 1.29 is 4.79 Å². The molecular formula is C13H20N4O. The molecule has 1 aromatic heterocycles. The van der Waals surface area contributed by atoms with Gasteiger partial charge in [0.1, 0.15) is 11.7 Å². The summed E-state index contributed by atoms with van der Waals surface area (Å²) in [6.45, 7) is 8.06. The van der Waals surface area contributed by atoms with Crippen molar-refractivity contribution in [3.05, 3.63) is 5.69 Å². The number of hydrogen-bond donors (Lipinski definition) is 1. The molecule has 98 valence electrons. The van der Waals surface area contributed by atoms with Crippen molar-refractivity contribution >= 4 is 17.4 Å². The van der Waals surface area contributed by atoms with Crippen LogP contribution >= 0.6 is 0 Å². The highest BCUT2D eigenvalue weighted by Gasteiger charge is 2.39. The van der Waals surface area contributed by atoms with Crippen molar-refractivity contribution in [1.82, 2.24) is 9.78 Å². The largest absolute Gasteiger partial charge is 0.343 e. The van der Waals surface area contributed by atoms with Gasteiger partial charge in [-0.3, -0.25) is 4.79 Å². The fourth-order valence-corrected chi connectivity index (χ4v) is 3.08. The first-order valence-electron chi connectivity index (χ1n) is 6.76. The number of aromatic nitrogens is 2. The first-order chi connectivity index (χ1) is 8.61. The molecule has 0 aliphatic carbocycles. The van der Waals surface area contributed by atoms with E-state index in [4.69, 9.17) is 0 Å². The Hall–Kier alpha value is -1.52. The third-order valence-corrected chi connectivity index (χ3v) is 4.09. The first-order valence-corrected chi connectivity index (χ1v) is 6.76. The van der Waals surface area contributed by atoms with Crippen LogP contribution in [0.4, 0.5) is 11.5 Å². The van der Waals surface area contributed by atoms with Crippen molar-refractivity contribution in [3.8, 4) is 0 Å². The molecular weight excluding hydrogens is 228 g/mol. The monoisotopic (exact) mass is 248 g/mol. The molecule has 0 aromatic carbocycles. The van der Waals surface area contributed by atoms with Crippen LogP contribution in [-0.2, 0) is 11.3 Å². The topological polar surface area (TPSA) is 50.2 Å². The van der Waals surface area contributed by atoms with Gasteiger partial charge in [0, 0.05) is 13.1 Å². The zero-order valence-corrected chi connectivity index (χ0v) is 11.2. The van der Waals surface area contributed by atoms with E-state index < -0.39 is 0 Å². The van der Waals surface area contributed by atoms with E-state index in [1.54, 1.807) is 0 Å². The number of hydrogen-bond acceptors (Lipinski definition) is 3. The third-order valence-electron chi connectivity index (χ3n) is 4.09. The lowest BCUT2D eigenvalue weighted by Crippen LogP contribution is -2.52. The number of fused-ring (bicyclic) bond motifs is 3. The molecule has 5 heteroatoms. The van der Waals surface area contributed by atoms with E-state index in [1.807, 2.05) is 11.6 Å². The molecule has 0 spiro atoms. The van der Waals surface area contributed by atoms with Gasteiger partial charge in [-0.25, -0.2) is 4.68 Å². The van der Waals surface area contributed by atoms with Crippen LogP contribution in [0, 0.1) is 12.8 Å². The number of nitrogens with one attached hydrogen (secondary N) is 1. The summed E-state index contributed by atoms with van der Waals surface area (Å²) in [6, 6.07) is -0.0114. The van der Waals surface area contributed by atoms with Crippen molar-refractivity contribution in [2.75, 3.05) is 16.8 Å². The Kier molecular flexibility index (Phi) is 2.57. The van der Waals surface area contributed by atoms with E-state index in [-0.39, 0.29) is 11.9 Å². The fourth-order valence-electron chi connectivity index (χ4n) is 3.08. The van der Waals surface area contributed by atoms with Crippen LogP contribution in [-0.4, -0.2) is 28.3 Å². The summed E-state index contributed by atoms with van der Waals surface area (Å²) in [7, 11) is 0. The van der Waals surface area contributed by atoms with Gasteiger partial charge >= 0.3 is 0 Å². The van der Waals surface area contributed by atoms with Crippen molar-refractivity contribution in [1.29, 1.82) is 0 Å². The molecule has 1 aromatic rings. The predicted molar refractivity (Wildman–Crippen MR) is 70.8 cm³/mol. The molecule has 1 saturated heterocycles. The SMILES string of the molecule is CCn1nc(C)c2c1N1CCC(C)CC1C(=O)N2. The number of aryl methyl sites for hydroxylation is 2. The Morgan fingerprint density at radius 3 is 3.00 bits per heavy atom. The van der Waals surface area contributed by atoms with E-state index in [2.05, 4.69) is 29.2 Å². The molecule has 2 aliphatic heterocycles. The molecule has 2 unspecified atom stereocenters. The summed E-state index contributed by atoms with van der Waals surface area (Å²) in [6.07, 6.45) is 2.09. The molecule has 0 radical (unpaired) electrons. The van der Waals surface area contributed by atoms with E-state index >= 15 is 0 Å². The number of nitrogens with zero attached hydrogens (tertiary/aromatic N) is 3. The Labute approximate surface area is 107 Å². The minimum atomic E-state index is -0.0114. The predicted octanol–water partition coefficient (Wildman–Crippen LogP) is 1.77. The number of carbonyl (C=O) groups excluding carboxylic acids is 1. The van der Waals surface area contributed by atoms with E-state index in [1.165, 1.54) is 0 Å². The van der Waals surface area contributed by atoms with Gasteiger partial charge in [-0.15, -0.1) is 0 Å². The Morgan fingerprint density at radius 2 is 2.28 bits per heavy atom. The summed E-state index contributed by atoms with van der Waals surface area (Å²) in [5.41, 5.74) is 1.82. The number of amides is 1. The molecule has 18 heavy (non-hydrogen) atoms. The highest BCUT2D eigenvalue weighted by molar-refractivity contribution is 6.03. The van der Waals surface area contributed by atoms with Gasteiger partial charge in [0.2, 0.25) is 5.91 Å². The lowest BCUT2D eigenvalue weighted by molar-refractivity contribution is -0.118. The summed E-state index contributed by atoms with van der Waals surface area (Å²) >= 11 is 0. The van der Waals surface area contributed by atoms with Crippen molar-refractivity contribution in [2.45, 2.75) is 46.2 Å². The molecule has 0 saturated carbocycles. The molecule has 0 bridgehead atoms. The fraction of sp³-hybridized carbons (Fsp3) is 0.692. The van der Waals surface area contributed by atoms with Gasteiger partial charge in [-0.1, -0.05) is 6.92 Å². The molecule has 1 N–H and O–H groups in total. The molecule has 1 amide bonds. The van der Waals surface area contributed by atoms with Crippen molar-refractivity contribution in [3.63, 3.8) is 0 Å². The minimum Gasteiger partial charge on any atom is -0.343 e. The van der Waals surface area contributed by atoms with Crippen LogP contribution in [0.5, 0.6) is 0 Å². The minimum absolute atomic E-state index is 0.0114. The Balaban J connectivity index is 2.07. The lowest BCUT2D eigenvalue weighted by atomic mass is 9.90. The maximum atomic E-state index is 12.2. The summed E-state index contributed by atoms with van der Waals surface area (Å²) < 4.78 is 2.01. The second-order valence-corrected chi connectivity index (χ2v) is 5.43. The average molecular weight is 248 g/mol. The summed E-state index contributed by atoms with van der Waals surface area (Å²) in [5.74, 6) is 1.86. The van der Waals surface area contributed by atoms with E-state index in [0.29, 0.717) is 5.92 Å². The maximum Gasteiger partial charge on any atom is 0.247 e. The normalized spacial score (nSPS) is 26.6. The van der Waals surface area contributed by atoms with Crippen LogP contribution in [0.15, 0.2) is 0 Å². The number of piperidine rings is 1. The van der Waals surface area contributed by atoms with Crippen LogP contribution in [0.2, 0.25) is 0 Å². The van der Waals surface area contributed by atoms with Gasteiger partial charge in [-0.05, 0) is 32.6 Å². The number of carbonyl (C=O) groups is 1. The highest BCUT2D eigenvalue weighted by atomic mass is 16.2. The molecule has 1 fully saturated rings. The molecule has 3 heterocycles. The summed E-state index contributed by atoms with van der Waals surface area (Å²) in [5, 5.41) is 7.55. The van der Waals surface area contributed by atoms with E-state index in [9.17, 15) is 4.79 Å². The zero-order chi connectivity index (χ0) is 12.9. The Morgan fingerprint density at radius 1 is 1.50 bits per heavy atom. The maximum absolute atomic E-state index is 12.2. The highest BCUT2D eigenvalue weighted by Crippen LogP contribution is 2.39. The molecule has 3 rings (SSSR count). The van der Waals surface area contributed by atoms with Crippen LogP contribution in [0.3, 0.4) is 0 Å². The zero-order valence-electron chi connectivity index (χ0n) is 11.2. The first kappa shape index (κ1) is 11.6. The van der Waals surface area contributed by atoms with Gasteiger partial charge in [-0.2, -0.15) is 5.10 Å². The molecule has 2 atom stereocenters. The summed E-state index contributed by atoms with van der Waals surface area (Å²) in [4.78, 5) is 14.4. The molecule has 5 nitrogen and oxygen atoms in total. The van der Waals surface area contributed by atoms with Gasteiger partial charge in [0.05, 0.1) is 5.69 Å². The second-order valence-electron chi connectivity index (χ2n) is 5.43. The van der Waals surface area contributed by atoms with Crippen LogP contribution in [0.25, 0.3) is 0 Å². The standard InChI is InChI=1S/C13H20N4O/c1-4-17-13-11(9(3)15-17)14-12(18)10-7-8(2)5-6-16(10)13/h8,10H,4-7H2,1-3H3,(H,14,18). The smallest absolute Gasteiger partial charge is 0.247 e. The van der Waals surface area contributed by atoms with Crippen LogP contribution in [0.1, 0.15) is 32.4 Å². The van der Waals surface area contributed by atoms with Crippen LogP contribution < -0.4 is 10.2 Å². The van der Waals surface area contributed by atoms with Gasteiger partial charge < -0.3 is 10.2 Å². The third kappa shape index (κ3) is 1.53. The number of rotatable bonds is 1. The lowest BCUT2D eigenvalue weighted by Gasteiger charge is -2.42. The van der Waals surface area contributed by atoms with E-state index in [0.717, 1.165) is 43.1 Å². The molecule has 2 aliphatic rings. The van der Waals surface area contributed by atoms with Gasteiger partial charge in [0.15, 0.2) is 5.82 Å². The Bertz CT molecular complexity index is 493. The van der Waals surface area contributed by atoms with Gasteiger partial charge in [0.25, 0.3) is 0 Å². The quantitative estimate of drug-likeness (QED) is 0.824. The average Bonchev–Trinajstić information content (AvgIpc) is 2.67. The number of anilines is 2. The van der Waals surface area contributed by atoms with Crippen molar-refractivity contribution in [2.24, 2.45) is 5.92 Å².